The number of unbranched alkanes of at least 4 members (excludes halogenated alkanes) is 19. The quantitative estimate of drug-likeness (QED) is 0.0261. The van der Waals surface area contributed by atoms with Gasteiger partial charge in [0.1, 0.15) is 13.2 Å². The molecule has 0 rings (SSSR count). The Kier molecular flexibility index (Phi) is 56.4. The van der Waals surface area contributed by atoms with Gasteiger partial charge in [-0.25, -0.2) is 0 Å². The van der Waals surface area contributed by atoms with Crippen molar-refractivity contribution in [3.05, 3.63) is 134 Å². The molecule has 0 bridgehead atoms. The van der Waals surface area contributed by atoms with Crippen LogP contribution in [0.5, 0.6) is 0 Å². The first-order valence-electron chi connectivity index (χ1n) is 29.7. The lowest BCUT2D eigenvalue weighted by Gasteiger charge is -2.18. The summed E-state index contributed by atoms with van der Waals surface area (Å²) in [5.41, 5.74) is 0. The van der Waals surface area contributed by atoms with Crippen molar-refractivity contribution < 1.29 is 28.6 Å². The molecule has 0 fully saturated rings. The number of allylic oxidation sites excluding steroid dienone is 22. The number of rotatable bonds is 52. The molecule has 0 aromatic carbocycles. The predicted octanol–water partition coefficient (Wildman–Crippen LogP) is 20.2. The third kappa shape index (κ3) is 58.3. The molecule has 0 radical (unpaired) electrons. The van der Waals surface area contributed by atoms with Gasteiger partial charge in [-0.2, -0.15) is 0 Å². The van der Waals surface area contributed by atoms with Gasteiger partial charge in [0, 0.05) is 19.3 Å². The van der Waals surface area contributed by atoms with Gasteiger partial charge in [-0.3, -0.25) is 14.4 Å². The largest absolute Gasteiger partial charge is 0.462 e. The Balaban J connectivity index is 4.54. The highest BCUT2D eigenvalue weighted by molar-refractivity contribution is 5.71. The number of carbonyl (C=O) groups excluding carboxylic acids is 3. The van der Waals surface area contributed by atoms with Crippen molar-refractivity contribution in [3.63, 3.8) is 0 Å². The molecule has 0 heterocycles. The molecule has 6 nitrogen and oxygen atoms in total. The summed E-state index contributed by atoms with van der Waals surface area (Å²) in [4.78, 5) is 38.2. The van der Waals surface area contributed by atoms with Gasteiger partial charge in [-0.05, 0) is 116 Å². The molecule has 1 unspecified atom stereocenters. The van der Waals surface area contributed by atoms with Crippen LogP contribution in [0.25, 0.3) is 0 Å². The molecule has 6 heteroatoms. The smallest absolute Gasteiger partial charge is 0.306 e. The minimum absolute atomic E-state index is 0.108. The van der Waals surface area contributed by atoms with Gasteiger partial charge >= 0.3 is 17.9 Å². The second-order valence-corrected chi connectivity index (χ2v) is 19.1. The van der Waals surface area contributed by atoms with Crippen LogP contribution in [-0.2, 0) is 28.6 Å². The summed E-state index contributed by atoms with van der Waals surface area (Å²) in [5.74, 6) is -0.986. The molecule has 0 saturated carbocycles. The van der Waals surface area contributed by atoms with E-state index in [1.807, 2.05) is 0 Å². The SMILES string of the molecule is CC/C=C\C/C=C\C/C=C\C/C=C\C/C=C\C/C=C\CCCCC(=O)OCC(COC(=O)CCCCCCCCCCCCCCCCC)OC(=O)CCCCC/C=C\C/C=C\C/C=C\C/C=C\C/C=C\CC. The van der Waals surface area contributed by atoms with E-state index in [0.717, 1.165) is 122 Å². The fourth-order valence-electron chi connectivity index (χ4n) is 7.77. The van der Waals surface area contributed by atoms with Crippen LogP contribution < -0.4 is 0 Å². The second-order valence-electron chi connectivity index (χ2n) is 19.1. The lowest BCUT2D eigenvalue weighted by Crippen LogP contribution is -2.30. The van der Waals surface area contributed by atoms with Gasteiger partial charge in [-0.1, -0.05) is 251 Å². The third-order valence-electron chi connectivity index (χ3n) is 12.2. The Morgan fingerprint density at radius 3 is 0.863 bits per heavy atom. The van der Waals surface area contributed by atoms with E-state index in [0.29, 0.717) is 25.7 Å². The van der Waals surface area contributed by atoms with E-state index >= 15 is 0 Å². The summed E-state index contributed by atoms with van der Waals surface area (Å²) in [7, 11) is 0. The average Bonchev–Trinajstić information content (AvgIpc) is 3.39. The summed E-state index contributed by atoms with van der Waals surface area (Å²) in [6, 6.07) is 0. The van der Waals surface area contributed by atoms with Crippen molar-refractivity contribution in [1.29, 1.82) is 0 Å². The Morgan fingerprint density at radius 2 is 0.534 bits per heavy atom. The number of hydrogen-bond acceptors (Lipinski definition) is 6. The zero-order valence-electron chi connectivity index (χ0n) is 47.1. The molecular formula is C67H108O6. The van der Waals surface area contributed by atoms with Crippen LogP contribution in [-0.4, -0.2) is 37.2 Å². The zero-order chi connectivity index (χ0) is 52.9. The van der Waals surface area contributed by atoms with Crippen LogP contribution in [0, 0.1) is 0 Å². The molecule has 412 valence electrons. The van der Waals surface area contributed by atoms with E-state index in [4.69, 9.17) is 14.2 Å². The summed E-state index contributed by atoms with van der Waals surface area (Å²) in [6.45, 7) is 6.35. The Hall–Kier alpha value is -4.45. The summed E-state index contributed by atoms with van der Waals surface area (Å²) in [6.07, 6.45) is 84.4. The van der Waals surface area contributed by atoms with Crippen molar-refractivity contribution in [2.75, 3.05) is 13.2 Å². The van der Waals surface area contributed by atoms with Gasteiger partial charge < -0.3 is 14.2 Å². The van der Waals surface area contributed by atoms with Gasteiger partial charge in [0.25, 0.3) is 0 Å². The highest BCUT2D eigenvalue weighted by atomic mass is 16.6. The first-order chi connectivity index (χ1) is 36.0. The lowest BCUT2D eigenvalue weighted by molar-refractivity contribution is -0.167. The van der Waals surface area contributed by atoms with Crippen LogP contribution in [0.3, 0.4) is 0 Å². The average molecular weight is 1010 g/mol. The van der Waals surface area contributed by atoms with Crippen molar-refractivity contribution >= 4 is 17.9 Å². The highest BCUT2D eigenvalue weighted by Crippen LogP contribution is 2.15. The number of esters is 3. The summed E-state index contributed by atoms with van der Waals surface area (Å²) in [5, 5.41) is 0. The monoisotopic (exact) mass is 1010 g/mol. The summed E-state index contributed by atoms with van der Waals surface area (Å²) < 4.78 is 16.8. The first-order valence-corrected chi connectivity index (χ1v) is 29.7. The van der Waals surface area contributed by atoms with E-state index in [1.54, 1.807) is 0 Å². The molecular weight excluding hydrogens is 901 g/mol. The molecule has 0 saturated heterocycles. The summed E-state index contributed by atoms with van der Waals surface area (Å²) >= 11 is 0. The van der Waals surface area contributed by atoms with Crippen molar-refractivity contribution in [2.24, 2.45) is 0 Å². The van der Waals surface area contributed by atoms with Crippen LogP contribution in [0.2, 0.25) is 0 Å². The number of carbonyl (C=O) groups is 3. The molecule has 0 spiro atoms. The maximum atomic E-state index is 12.9. The van der Waals surface area contributed by atoms with Crippen LogP contribution in [0.1, 0.15) is 252 Å². The molecule has 73 heavy (non-hydrogen) atoms. The highest BCUT2D eigenvalue weighted by Gasteiger charge is 2.19. The minimum Gasteiger partial charge on any atom is -0.462 e. The van der Waals surface area contributed by atoms with Gasteiger partial charge in [0.05, 0.1) is 0 Å². The number of hydrogen-bond donors (Lipinski definition) is 0. The van der Waals surface area contributed by atoms with Gasteiger partial charge in [0.2, 0.25) is 0 Å². The van der Waals surface area contributed by atoms with Gasteiger partial charge in [-0.15, -0.1) is 0 Å². The topological polar surface area (TPSA) is 78.9 Å². The molecule has 0 aromatic heterocycles. The van der Waals surface area contributed by atoms with Crippen molar-refractivity contribution in [1.82, 2.24) is 0 Å². The van der Waals surface area contributed by atoms with Crippen LogP contribution >= 0.6 is 0 Å². The second kappa shape index (κ2) is 60.1. The van der Waals surface area contributed by atoms with Crippen molar-refractivity contribution in [2.45, 2.75) is 258 Å². The third-order valence-corrected chi connectivity index (χ3v) is 12.2. The fourth-order valence-corrected chi connectivity index (χ4v) is 7.77. The number of ether oxygens (including phenoxy) is 3. The predicted molar refractivity (Wildman–Crippen MR) is 316 cm³/mol. The van der Waals surface area contributed by atoms with E-state index in [-0.39, 0.29) is 37.5 Å². The maximum Gasteiger partial charge on any atom is 0.306 e. The standard InChI is InChI=1S/C67H108O6/c1-4-7-10-13-16-19-22-25-28-30-32-33-35-36-39-42-45-48-51-54-57-60-66(69)72-63-64(62-71-65(68)59-56-53-50-47-44-41-38-27-24-21-18-15-12-9-6-3)73-67(70)61-58-55-52-49-46-43-40-37-34-31-29-26-23-20-17-14-11-8-5-2/h7-8,10-11,16-17,19-20,25-26,28-29,32-34,36-37,39,43,45-46,48,64H,4-6,9,12-15,18,21-24,27,30-31,35,38,40-42,44,47,49-63H2,1-3H3/b10-7-,11-8-,19-16-,20-17-,28-25-,29-26-,33-32-,37-34-,39-36-,46-43-,48-45-. The van der Waals surface area contributed by atoms with Crippen LogP contribution in [0.15, 0.2) is 134 Å². The molecule has 0 N–H and O–H groups in total. The maximum absolute atomic E-state index is 12.9. The van der Waals surface area contributed by atoms with Gasteiger partial charge in [0.15, 0.2) is 6.10 Å². The van der Waals surface area contributed by atoms with Crippen LogP contribution in [0.4, 0.5) is 0 Å². The molecule has 1 atom stereocenters. The van der Waals surface area contributed by atoms with E-state index < -0.39 is 6.10 Å². The lowest BCUT2D eigenvalue weighted by atomic mass is 10.0. The Bertz CT molecular complexity index is 1580. The Labute approximate surface area is 449 Å². The molecule has 0 aromatic rings. The molecule has 0 amide bonds. The van der Waals surface area contributed by atoms with E-state index in [2.05, 4.69) is 154 Å². The normalized spacial score (nSPS) is 13.1. The van der Waals surface area contributed by atoms with E-state index in [1.165, 1.54) is 77.0 Å². The Morgan fingerprint density at radius 1 is 0.288 bits per heavy atom. The zero-order valence-corrected chi connectivity index (χ0v) is 47.1. The molecule has 0 aliphatic rings. The molecule has 0 aliphatic heterocycles. The fraction of sp³-hybridized carbons (Fsp3) is 0.627. The first kappa shape index (κ1) is 68.6. The van der Waals surface area contributed by atoms with Crippen molar-refractivity contribution in [3.8, 4) is 0 Å². The minimum atomic E-state index is -0.818. The molecule has 0 aliphatic carbocycles. The van der Waals surface area contributed by atoms with E-state index in [9.17, 15) is 14.4 Å².